The molecule has 2 aromatic rings. The van der Waals surface area contributed by atoms with Gasteiger partial charge in [0, 0.05) is 18.3 Å². The van der Waals surface area contributed by atoms with E-state index in [2.05, 4.69) is 21.3 Å². The lowest BCUT2D eigenvalue weighted by Gasteiger charge is -2.13. The van der Waals surface area contributed by atoms with E-state index in [0.717, 1.165) is 12.0 Å². The first-order valence-corrected chi connectivity index (χ1v) is 9.21. The molecule has 7 heteroatoms. The van der Waals surface area contributed by atoms with Crippen LogP contribution in [-0.4, -0.2) is 37.0 Å². The van der Waals surface area contributed by atoms with Gasteiger partial charge >= 0.3 is 6.03 Å². The number of rotatable bonds is 8. The molecular formula is C21H26N4O3. The number of carbonyl (C=O) groups is 3. The van der Waals surface area contributed by atoms with Crippen LogP contribution in [0.25, 0.3) is 0 Å². The zero-order valence-corrected chi connectivity index (χ0v) is 16.1. The number of hydrogen-bond acceptors (Lipinski definition) is 4. The molecule has 0 bridgehead atoms. The van der Waals surface area contributed by atoms with E-state index in [1.54, 1.807) is 38.1 Å². The predicted molar refractivity (Wildman–Crippen MR) is 109 cm³/mol. The maximum absolute atomic E-state index is 12.5. The Hall–Kier alpha value is -3.35. The van der Waals surface area contributed by atoms with Gasteiger partial charge in [-0.3, -0.25) is 14.9 Å². The number of carbonyl (C=O) groups excluding carboxylic acids is 3. The molecule has 7 nitrogen and oxygen atoms in total. The van der Waals surface area contributed by atoms with Crippen LogP contribution in [0, 0.1) is 0 Å². The molecule has 28 heavy (non-hydrogen) atoms. The van der Waals surface area contributed by atoms with Crippen molar-refractivity contribution in [3.8, 4) is 0 Å². The van der Waals surface area contributed by atoms with Crippen LogP contribution in [0.1, 0.15) is 29.8 Å². The summed E-state index contributed by atoms with van der Waals surface area (Å²) >= 11 is 0. The van der Waals surface area contributed by atoms with Crippen LogP contribution in [0.15, 0.2) is 54.6 Å². The number of anilines is 1. The Morgan fingerprint density at radius 3 is 2.32 bits per heavy atom. The van der Waals surface area contributed by atoms with E-state index in [1.807, 2.05) is 30.3 Å². The van der Waals surface area contributed by atoms with Crippen molar-refractivity contribution in [3.05, 3.63) is 65.7 Å². The number of hydrogen-bond donors (Lipinski definition) is 4. The Morgan fingerprint density at radius 1 is 0.929 bits per heavy atom. The molecule has 4 N–H and O–H groups in total. The summed E-state index contributed by atoms with van der Waals surface area (Å²) < 4.78 is 0. The first kappa shape index (κ1) is 21.0. The number of para-hydroxylation sites is 1. The SMILES string of the molecule is CC(C)NC(=O)NC(=O)CNc1ccccc1C(=O)NCCc1ccccc1. The number of urea groups is 1. The lowest BCUT2D eigenvalue weighted by atomic mass is 10.1. The predicted octanol–water partition coefficient (Wildman–Crippen LogP) is 2.31. The molecule has 0 saturated carbocycles. The summed E-state index contributed by atoms with van der Waals surface area (Å²) in [5.41, 5.74) is 2.11. The Morgan fingerprint density at radius 2 is 1.61 bits per heavy atom. The van der Waals surface area contributed by atoms with E-state index in [-0.39, 0.29) is 18.5 Å². The monoisotopic (exact) mass is 382 g/mol. The number of benzene rings is 2. The summed E-state index contributed by atoms with van der Waals surface area (Å²) in [6.45, 7) is 3.98. The second kappa shape index (κ2) is 10.7. The van der Waals surface area contributed by atoms with Crippen molar-refractivity contribution in [2.45, 2.75) is 26.3 Å². The van der Waals surface area contributed by atoms with Gasteiger partial charge in [0.25, 0.3) is 5.91 Å². The van der Waals surface area contributed by atoms with Gasteiger partial charge < -0.3 is 16.0 Å². The van der Waals surface area contributed by atoms with Crippen LogP contribution in [0.3, 0.4) is 0 Å². The molecule has 0 fully saturated rings. The normalized spacial score (nSPS) is 10.2. The minimum absolute atomic E-state index is 0.0685. The molecule has 0 unspecified atom stereocenters. The molecule has 0 aliphatic carbocycles. The summed E-state index contributed by atoms with van der Waals surface area (Å²) in [7, 11) is 0. The molecule has 2 rings (SSSR count). The average Bonchev–Trinajstić information content (AvgIpc) is 2.66. The van der Waals surface area contributed by atoms with Crippen molar-refractivity contribution in [1.82, 2.24) is 16.0 Å². The van der Waals surface area contributed by atoms with Crippen LogP contribution in [-0.2, 0) is 11.2 Å². The van der Waals surface area contributed by atoms with Gasteiger partial charge in [0.2, 0.25) is 5.91 Å². The maximum atomic E-state index is 12.5. The Balaban J connectivity index is 1.86. The highest BCUT2D eigenvalue weighted by Crippen LogP contribution is 2.14. The van der Waals surface area contributed by atoms with Crippen molar-refractivity contribution < 1.29 is 14.4 Å². The quantitative estimate of drug-likeness (QED) is 0.563. The molecule has 0 aliphatic rings. The molecule has 0 aromatic heterocycles. The maximum Gasteiger partial charge on any atom is 0.321 e. The van der Waals surface area contributed by atoms with Gasteiger partial charge in [-0.25, -0.2) is 4.79 Å². The first-order valence-electron chi connectivity index (χ1n) is 9.21. The van der Waals surface area contributed by atoms with Crippen molar-refractivity contribution in [1.29, 1.82) is 0 Å². The standard InChI is InChI=1S/C21H26N4O3/c1-15(2)24-21(28)25-19(26)14-23-18-11-7-6-10-17(18)20(27)22-13-12-16-8-4-3-5-9-16/h3-11,15,23H,12-14H2,1-2H3,(H,22,27)(H2,24,25,26,28). The van der Waals surface area contributed by atoms with Gasteiger partial charge in [0.05, 0.1) is 12.1 Å². The van der Waals surface area contributed by atoms with Crippen LogP contribution in [0.5, 0.6) is 0 Å². The molecule has 2 aromatic carbocycles. The highest BCUT2D eigenvalue weighted by atomic mass is 16.2. The van der Waals surface area contributed by atoms with E-state index in [9.17, 15) is 14.4 Å². The first-order chi connectivity index (χ1) is 13.5. The lowest BCUT2D eigenvalue weighted by Crippen LogP contribution is -2.44. The van der Waals surface area contributed by atoms with Gasteiger partial charge in [-0.2, -0.15) is 0 Å². The average molecular weight is 382 g/mol. The summed E-state index contributed by atoms with van der Waals surface area (Å²) in [5.74, 6) is -0.713. The van der Waals surface area contributed by atoms with Crippen LogP contribution in [0.2, 0.25) is 0 Å². The summed E-state index contributed by atoms with van der Waals surface area (Å²) in [5, 5.41) is 10.6. The van der Waals surface area contributed by atoms with Crippen molar-refractivity contribution in [3.63, 3.8) is 0 Å². The van der Waals surface area contributed by atoms with Crippen LogP contribution < -0.4 is 21.3 Å². The summed E-state index contributed by atoms with van der Waals surface area (Å²) in [6.07, 6.45) is 0.732. The zero-order valence-electron chi connectivity index (χ0n) is 16.1. The fourth-order valence-electron chi connectivity index (χ4n) is 2.54. The lowest BCUT2D eigenvalue weighted by molar-refractivity contribution is -0.118. The van der Waals surface area contributed by atoms with Crippen molar-refractivity contribution >= 4 is 23.5 Å². The minimum atomic E-state index is -0.547. The third-order valence-electron chi connectivity index (χ3n) is 3.83. The van der Waals surface area contributed by atoms with Crippen LogP contribution >= 0.6 is 0 Å². The Kier molecular flexibility index (Phi) is 8.02. The van der Waals surface area contributed by atoms with E-state index in [0.29, 0.717) is 17.8 Å². The summed E-state index contributed by atoms with van der Waals surface area (Å²) in [6, 6.07) is 16.2. The second-order valence-electron chi connectivity index (χ2n) is 6.57. The Labute approximate surface area is 164 Å². The van der Waals surface area contributed by atoms with Gasteiger partial charge in [-0.05, 0) is 38.0 Å². The van der Waals surface area contributed by atoms with E-state index in [4.69, 9.17) is 0 Å². The molecule has 148 valence electrons. The number of amides is 4. The highest BCUT2D eigenvalue weighted by molar-refractivity contribution is 6.01. The van der Waals surface area contributed by atoms with Gasteiger partial charge in [0.15, 0.2) is 0 Å². The zero-order chi connectivity index (χ0) is 20.4. The van der Waals surface area contributed by atoms with E-state index < -0.39 is 11.9 Å². The molecule has 0 atom stereocenters. The molecule has 0 radical (unpaired) electrons. The second-order valence-corrected chi connectivity index (χ2v) is 6.57. The van der Waals surface area contributed by atoms with E-state index in [1.165, 1.54) is 0 Å². The summed E-state index contributed by atoms with van der Waals surface area (Å²) in [4.78, 5) is 35.9. The largest absolute Gasteiger partial charge is 0.375 e. The topological polar surface area (TPSA) is 99.3 Å². The molecule has 0 spiro atoms. The minimum Gasteiger partial charge on any atom is -0.375 e. The fourth-order valence-corrected chi connectivity index (χ4v) is 2.54. The smallest absolute Gasteiger partial charge is 0.321 e. The van der Waals surface area contributed by atoms with E-state index >= 15 is 0 Å². The van der Waals surface area contributed by atoms with Crippen molar-refractivity contribution in [2.75, 3.05) is 18.4 Å². The third kappa shape index (κ3) is 7.11. The molecular weight excluding hydrogens is 356 g/mol. The third-order valence-corrected chi connectivity index (χ3v) is 3.83. The molecule has 0 saturated heterocycles. The number of imide groups is 1. The number of nitrogens with one attached hydrogen (secondary N) is 4. The Bertz CT molecular complexity index is 806. The molecule has 0 aliphatic heterocycles. The van der Waals surface area contributed by atoms with Crippen molar-refractivity contribution in [2.24, 2.45) is 0 Å². The van der Waals surface area contributed by atoms with Gasteiger partial charge in [-0.1, -0.05) is 42.5 Å². The highest BCUT2D eigenvalue weighted by Gasteiger charge is 2.13. The fraction of sp³-hybridized carbons (Fsp3) is 0.286. The molecule has 4 amide bonds. The van der Waals surface area contributed by atoms with Crippen LogP contribution in [0.4, 0.5) is 10.5 Å². The van der Waals surface area contributed by atoms with Gasteiger partial charge in [0.1, 0.15) is 0 Å². The van der Waals surface area contributed by atoms with Gasteiger partial charge in [-0.15, -0.1) is 0 Å². The molecule has 0 heterocycles.